The van der Waals surface area contributed by atoms with Gasteiger partial charge < -0.3 is 19.6 Å². The lowest BCUT2D eigenvalue weighted by atomic mass is 10.1. The Hall–Kier alpha value is -3.61. The smallest absolute Gasteiger partial charge is 0.257 e. The van der Waals surface area contributed by atoms with E-state index in [0.717, 1.165) is 11.3 Å². The number of nitrogens with zero attached hydrogens (tertiary/aromatic N) is 1. The normalized spacial score (nSPS) is 10.6. The number of hydrogen-bond donors (Lipinski definition) is 2. The number of aryl methyl sites for hydroxylation is 1. The van der Waals surface area contributed by atoms with Crippen LogP contribution in [-0.4, -0.2) is 22.9 Å². The number of carbonyl (C=O) groups excluding carboxylic acids is 2. The van der Waals surface area contributed by atoms with Crippen LogP contribution in [-0.2, 0) is 13.1 Å². The first-order valence-corrected chi connectivity index (χ1v) is 9.37. The Kier molecular flexibility index (Phi) is 6.29. The predicted octanol–water partition coefficient (Wildman–Crippen LogP) is 2.48. The minimum Gasteiger partial charge on any atom is -0.465 e. The number of aromatic nitrogens is 1. The summed E-state index contributed by atoms with van der Waals surface area (Å²) in [6, 6.07) is 13.1. The number of nitrogens with one attached hydrogen (secondary N) is 2. The highest BCUT2D eigenvalue weighted by molar-refractivity contribution is 5.99. The first-order valence-electron chi connectivity index (χ1n) is 9.37. The summed E-state index contributed by atoms with van der Waals surface area (Å²) < 4.78 is 7.11. The number of hydrogen-bond acceptors (Lipinski definition) is 4. The lowest BCUT2D eigenvalue weighted by molar-refractivity contribution is 0.0945. The molecule has 1 aromatic carbocycles. The van der Waals surface area contributed by atoms with Crippen LogP contribution in [0.2, 0.25) is 0 Å². The molecule has 0 aliphatic carbocycles. The number of furan rings is 1. The van der Waals surface area contributed by atoms with Gasteiger partial charge in [-0.05, 0) is 31.5 Å². The van der Waals surface area contributed by atoms with Crippen LogP contribution in [0.5, 0.6) is 0 Å². The van der Waals surface area contributed by atoms with Crippen LogP contribution in [0.3, 0.4) is 0 Å². The highest BCUT2D eigenvalue weighted by Gasteiger charge is 2.19. The first-order chi connectivity index (χ1) is 14.0. The van der Waals surface area contributed by atoms with Crippen molar-refractivity contribution in [3.8, 4) is 0 Å². The summed E-state index contributed by atoms with van der Waals surface area (Å²) in [5.41, 5.74) is 0.223. The van der Waals surface area contributed by atoms with E-state index in [0.29, 0.717) is 18.8 Å². The van der Waals surface area contributed by atoms with Crippen LogP contribution >= 0.6 is 0 Å². The van der Waals surface area contributed by atoms with E-state index < -0.39 is 17.2 Å². The summed E-state index contributed by atoms with van der Waals surface area (Å²) >= 11 is 0. The van der Waals surface area contributed by atoms with E-state index in [-0.39, 0.29) is 17.7 Å². The molecule has 2 heterocycles. The fourth-order valence-corrected chi connectivity index (χ4v) is 2.94. The molecule has 0 saturated carbocycles. The van der Waals surface area contributed by atoms with Gasteiger partial charge in [-0.15, -0.1) is 0 Å². The quantitative estimate of drug-likeness (QED) is 0.645. The average Bonchev–Trinajstić information content (AvgIpc) is 3.13. The molecule has 2 aromatic heterocycles. The fourth-order valence-electron chi connectivity index (χ4n) is 2.94. The van der Waals surface area contributed by atoms with Gasteiger partial charge in [-0.1, -0.05) is 30.3 Å². The van der Waals surface area contributed by atoms with Crippen molar-refractivity contribution in [3.05, 3.63) is 93.3 Å². The maximum absolute atomic E-state index is 12.8. The number of pyridine rings is 1. The van der Waals surface area contributed by atoms with Gasteiger partial charge in [0, 0.05) is 25.5 Å². The summed E-state index contributed by atoms with van der Waals surface area (Å²) in [7, 11) is 0. The summed E-state index contributed by atoms with van der Waals surface area (Å²) in [4.78, 5) is 37.8. The highest BCUT2D eigenvalue weighted by atomic mass is 16.3. The Morgan fingerprint density at radius 2 is 1.62 bits per heavy atom. The fraction of sp³-hybridized carbons (Fsp3) is 0.227. The van der Waals surface area contributed by atoms with Gasteiger partial charge in [0.15, 0.2) is 0 Å². The molecule has 0 spiro atoms. The van der Waals surface area contributed by atoms with Gasteiger partial charge in [0.2, 0.25) is 5.43 Å². The van der Waals surface area contributed by atoms with Crippen LogP contribution in [0.15, 0.2) is 64.1 Å². The van der Waals surface area contributed by atoms with Crippen molar-refractivity contribution in [3.63, 3.8) is 0 Å². The van der Waals surface area contributed by atoms with Crippen molar-refractivity contribution in [2.75, 3.05) is 6.54 Å². The topological polar surface area (TPSA) is 93.3 Å². The SMILES string of the molecule is CCNC(=O)c1cn(Cc2ccccc2)cc(C(=O)NCc2ccc(C)o2)c1=O. The third-order valence-electron chi connectivity index (χ3n) is 4.33. The van der Waals surface area contributed by atoms with Crippen molar-refractivity contribution < 1.29 is 14.0 Å². The Morgan fingerprint density at radius 1 is 0.966 bits per heavy atom. The lowest BCUT2D eigenvalue weighted by Crippen LogP contribution is -2.35. The number of benzene rings is 1. The third-order valence-corrected chi connectivity index (χ3v) is 4.33. The molecular weight excluding hydrogens is 370 g/mol. The third kappa shape index (κ3) is 5.01. The van der Waals surface area contributed by atoms with Crippen molar-refractivity contribution >= 4 is 11.8 Å². The van der Waals surface area contributed by atoms with Gasteiger partial charge in [-0.25, -0.2) is 0 Å². The Labute approximate surface area is 168 Å². The average molecular weight is 393 g/mol. The molecule has 0 radical (unpaired) electrons. The van der Waals surface area contributed by atoms with E-state index in [9.17, 15) is 14.4 Å². The van der Waals surface area contributed by atoms with E-state index in [2.05, 4.69) is 10.6 Å². The summed E-state index contributed by atoms with van der Waals surface area (Å²) in [5.74, 6) is 0.255. The second-order valence-corrected chi connectivity index (χ2v) is 6.63. The van der Waals surface area contributed by atoms with Crippen LogP contribution in [0, 0.1) is 6.92 Å². The zero-order valence-corrected chi connectivity index (χ0v) is 16.4. The molecule has 2 N–H and O–H groups in total. The summed E-state index contributed by atoms with van der Waals surface area (Å²) in [6.45, 7) is 4.53. The monoisotopic (exact) mass is 393 g/mol. The maximum atomic E-state index is 12.8. The lowest BCUT2D eigenvalue weighted by Gasteiger charge is -2.12. The van der Waals surface area contributed by atoms with Crippen LogP contribution < -0.4 is 16.1 Å². The van der Waals surface area contributed by atoms with Gasteiger partial charge in [0.05, 0.1) is 6.54 Å². The molecule has 2 amide bonds. The second kappa shape index (κ2) is 9.05. The van der Waals surface area contributed by atoms with Crippen molar-refractivity contribution in [1.82, 2.24) is 15.2 Å². The molecule has 0 bridgehead atoms. The molecule has 3 rings (SSSR count). The minimum absolute atomic E-state index is 0.0655. The van der Waals surface area contributed by atoms with Crippen LogP contribution in [0.25, 0.3) is 0 Å². The molecule has 150 valence electrons. The zero-order valence-electron chi connectivity index (χ0n) is 16.4. The molecule has 0 aliphatic heterocycles. The van der Waals surface area contributed by atoms with Crippen LogP contribution in [0.1, 0.15) is 44.7 Å². The van der Waals surface area contributed by atoms with Gasteiger partial charge in [0.1, 0.15) is 22.6 Å². The molecule has 0 fully saturated rings. The zero-order chi connectivity index (χ0) is 20.8. The molecule has 0 saturated heterocycles. The molecule has 0 aliphatic rings. The van der Waals surface area contributed by atoms with E-state index >= 15 is 0 Å². The van der Waals surface area contributed by atoms with E-state index in [4.69, 9.17) is 4.42 Å². The predicted molar refractivity (Wildman–Crippen MR) is 109 cm³/mol. The molecule has 7 heteroatoms. The maximum Gasteiger partial charge on any atom is 0.257 e. The second-order valence-electron chi connectivity index (χ2n) is 6.63. The van der Waals surface area contributed by atoms with E-state index in [1.807, 2.05) is 37.3 Å². The van der Waals surface area contributed by atoms with E-state index in [1.165, 1.54) is 12.4 Å². The van der Waals surface area contributed by atoms with Crippen molar-refractivity contribution in [2.45, 2.75) is 26.9 Å². The van der Waals surface area contributed by atoms with Gasteiger partial charge >= 0.3 is 0 Å². The van der Waals surface area contributed by atoms with Crippen LogP contribution in [0.4, 0.5) is 0 Å². The Bertz CT molecular complexity index is 1070. The van der Waals surface area contributed by atoms with Gasteiger partial charge in [-0.2, -0.15) is 0 Å². The molecule has 3 aromatic rings. The summed E-state index contributed by atoms with van der Waals surface area (Å²) in [5, 5.41) is 5.30. The first kappa shape index (κ1) is 20.1. The van der Waals surface area contributed by atoms with Gasteiger partial charge in [0.25, 0.3) is 11.8 Å². The van der Waals surface area contributed by atoms with Crippen molar-refractivity contribution in [2.24, 2.45) is 0 Å². The van der Waals surface area contributed by atoms with E-state index in [1.54, 1.807) is 23.6 Å². The minimum atomic E-state index is -0.603. The van der Waals surface area contributed by atoms with Gasteiger partial charge in [-0.3, -0.25) is 14.4 Å². The molecular formula is C22H23N3O4. The van der Waals surface area contributed by atoms with Crippen molar-refractivity contribution in [1.29, 1.82) is 0 Å². The Morgan fingerprint density at radius 3 is 2.21 bits per heavy atom. The molecule has 29 heavy (non-hydrogen) atoms. The number of rotatable bonds is 7. The standard InChI is InChI=1S/C22H23N3O4/c1-3-23-21(27)18-13-25(12-16-7-5-4-6-8-16)14-19(20(18)26)22(28)24-11-17-10-9-15(2)29-17/h4-10,13-14H,3,11-12H2,1-2H3,(H,23,27)(H,24,28). The number of carbonyl (C=O) groups is 2. The highest BCUT2D eigenvalue weighted by Crippen LogP contribution is 2.08. The molecule has 7 nitrogen and oxygen atoms in total. The largest absolute Gasteiger partial charge is 0.465 e. The number of amides is 2. The Balaban J connectivity index is 1.91. The molecule has 0 unspecified atom stereocenters. The summed E-state index contributed by atoms with van der Waals surface area (Å²) in [6.07, 6.45) is 2.95. The molecule has 0 atom stereocenters.